The Kier molecular flexibility index (Phi) is 3.24. The molecule has 0 radical (unpaired) electrons. The van der Waals surface area contributed by atoms with E-state index < -0.39 is 11.4 Å². The smallest absolute Gasteiger partial charge is 0.224 e. The first-order valence-electron chi connectivity index (χ1n) is 4.30. The molecule has 1 heterocycles. The van der Waals surface area contributed by atoms with Crippen LogP contribution in [-0.2, 0) is 4.79 Å². The van der Waals surface area contributed by atoms with Gasteiger partial charge in [0.05, 0.1) is 11.7 Å². The van der Waals surface area contributed by atoms with Gasteiger partial charge in [-0.1, -0.05) is 0 Å². The number of hydrogen-bond donors (Lipinski definition) is 1. The Hall–Kier alpha value is -1.23. The number of Topliss-reactive ketones (excluding diaryl/α,β-unsaturated/α-hetero) is 1. The lowest BCUT2D eigenvalue weighted by atomic mass is 10.0. The quantitative estimate of drug-likeness (QED) is 0.809. The lowest BCUT2D eigenvalue weighted by Gasteiger charge is -2.23. The third-order valence-corrected chi connectivity index (χ3v) is 2.21. The lowest BCUT2D eigenvalue weighted by Crippen LogP contribution is -2.39. The Morgan fingerprint density at radius 1 is 1.60 bits per heavy atom. The standard InChI is InChI=1S/C9H11ClFN3O/c1-5(15)9(2,3)14-7-6(11)4-12-8(10)13-7/h4H,1-3H3,(H,12,13,14). The van der Waals surface area contributed by atoms with Gasteiger partial charge in [0, 0.05) is 0 Å². The number of aromatic nitrogens is 2. The first-order valence-corrected chi connectivity index (χ1v) is 4.68. The molecule has 0 saturated carbocycles. The molecule has 82 valence electrons. The van der Waals surface area contributed by atoms with Crippen molar-refractivity contribution in [2.75, 3.05) is 5.32 Å². The van der Waals surface area contributed by atoms with Crippen LogP contribution in [0.2, 0.25) is 5.28 Å². The van der Waals surface area contributed by atoms with Crippen molar-refractivity contribution >= 4 is 23.2 Å². The van der Waals surface area contributed by atoms with E-state index in [0.717, 1.165) is 6.20 Å². The highest BCUT2D eigenvalue weighted by Crippen LogP contribution is 2.17. The SMILES string of the molecule is CC(=O)C(C)(C)Nc1nc(Cl)ncc1F. The van der Waals surface area contributed by atoms with Crippen molar-refractivity contribution in [3.63, 3.8) is 0 Å². The number of carbonyl (C=O) groups is 1. The van der Waals surface area contributed by atoms with Crippen molar-refractivity contribution in [3.8, 4) is 0 Å². The predicted molar refractivity (Wildman–Crippen MR) is 55.4 cm³/mol. The number of rotatable bonds is 3. The van der Waals surface area contributed by atoms with Crippen molar-refractivity contribution in [2.24, 2.45) is 0 Å². The molecule has 0 amide bonds. The second kappa shape index (κ2) is 4.10. The summed E-state index contributed by atoms with van der Waals surface area (Å²) in [5.74, 6) is -0.847. The minimum atomic E-state index is -0.890. The Labute approximate surface area is 91.9 Å². The minimum absolute atomic E-state index is 0.0711. The second-order valence-electron chi connectivity index (χ2n) is 3.64. The van der Waals surface area contributed by atoms with E-state index >= 15 is 0 Å². The number of ketones is 1. The van der Waals surface area contributed by atoms with Crippen LogP contribution >= 0.6 is 11.6 Å². The Bertz CT molecular complexity index is 395. The number of anilines is 1. The van der Waals surface area contributed by atoms with E-state index in [1.165, 1.54) is 6.92 Å². The van der Waals surface area contributed by atoms with E-state index in [2.05, 4.69) is 15.3 Å². The van der Waals surface area contributed by atoms with Crippen molar-refractivity contribution in [1.29, 1.82) is 0 Å². The van der Waals surface area contributed by atoms with Gasteiger partial charge in [0.1, 0.15) is 0 Å². The Balaban J connectivity index is 2.99. The van der Waals surface area contributed by atoms with Gasteiger partial charge in [0.2, 0.25) is 5.28 Å². The molecule has 0 saturated heterocycles. The molecule has 1 aromatic rings. The molecule has 4 nitrogen and oxygen atoms in total. The zero-order chi connectivity index (χ0) is 11.6. The van der Waals surface area contributed by atoms with Crippen LogP contribution in [-0.4, -0.2) is 21.3 Å². The maximum absolute atomic E-state index is 13.2. The summed E-state index contributed by atoms with van der Waals surface area (Å²) in [6, 6.07) is 0. The molecule has 0 unspecified atom stereocenters. The molecule has 0 atom stereocenters. The summed E-state index contributed by atoms with van der Waals surface area (Å²) >= 11 is 5.51. The van der Waals surface area contributed by atoms with Crippen molar-refractivity contribution in [2.45, 2.75) is 26.3 Å². The fourth-order valence-corrected chi connectivity index (χ4v) is 0.951. The van der Waals surface area contributed by atoms with Crippen LogP contribution in [0.15, 0.2) is 6.20 Å². The number of carbonyl (C=O) groups excluding carboxylic acids is 1. The average molecular weight is 232 g/mol. The van der Waals surface area contributed by atoms with Crippen LogP contribution in [0.25, 0.3) is 0 Å². The van der Waals surface area contributed by atoms with E-state index in [0.29, 0.717) is 0 Å². The van der Waals surface area contributed by atoms with Gasteiger partial charge >= 0.3 is 0 Å². The summed E-state index contributed by atoms with van der Waals surface area (Å²) in [6.45, 7) is 4.67. The summed E-state index contributed by atoms with van der Waals surface area (Å²) in [6.07, 6.45) is 0.952. The molecule has 0 aliphatic rings. The Morgan fingerprint density at radius 3 is 2.73 bits per heavy atom. The predicted octanol–water partition coefficient (Wildman–Crippen LogP) is 2.05. The third-order valence-electron chi connectivity index (χ3n) is 2.03. The molecule has 0 aliphatic heterocycles. The molecule has 15 heavy (non-hydrogen) atoms. The highest BCUT2D eigenvalue weighted by molar-refractivity contribution is 6.28. The van der Waals surface area contributed by atoms with Crippen molar-refractivity contribution in [1.82, 2.24) is 9.97 Å². The maximum atomic E-state index is 13.2. The molecule has 1 rings (SSSR count). The number of nitrogens with one attached hydrogen (secondary N) is 1. The van der Waals surface area contributed by atoms with Crippen LogP contribution in [0.1, 0.15) is 20.8 Å². The minimum Gasteiger partial charge on any atom is -0.356 e. The zero-order valence-electron chi connectivity index (χ0n) is 8.64. The van der Waals surface area contributed by atoms with E-state index in [1.54, 1.807) is 13.8 Å². The molecule has 0 aromatic carbocycles. The summed E-state index contributed by atoms with van der Waals surface area (Å²) in [7, 11) is 0. The van der Waals surface area contributed by atoms with E-state index in [-0.39, 0.29) is 16.9 Å². The fraction of sp³-hybridized carbons (Fsp3) is 0.444. The van der Waals surface area contributed by atoms with Crippen molar-refractivity contribution < 1.29 is 9.18 Å². The topological polar surface area (TPSA) is 54.9 Å². The van der Waals surface area contributed by atoms with Crippen LogP contribution < -0.4 is 5.32 Å². The normalized spacial score (nSPS) is 11.3. The summed E-state index contributed by atoms with van der Waals surface area (Å²) in [5, 5.41) is 2.60. The van der Waals surface area contributed by atoms with Gasteiger partial charge in [-0.05, 0) is 32.4 Å². The molecule has 0 aliphatic carbocycles. The largest absolute Gasteiger partial charge is 0.356 e. The number of halogens is 2. The van der Waals surface area contributed by atoms with Gasteiger partial charge in [-0.3, -0.25) is 4.79 Å². The molecule has 1 N–H and O–H groups in total. The zero-order valence-corrected chi connectivity index (χ0v) is 9.39. The number of nitrogens with zero attached hydrogens (tertiary/aromatic N) is 2. The van der Waals surface area contributed by atoms with Crippen LogP contribution in [0.4, 0.5) is 10.2 Å². The molecule has 0 bridgehead atoms. The number of hydrogen-bond acceptors (Lipinski definition) is 4. The maximum Gasteiger partial charge on any atom is 0.224 e. The van der Waals surface area contributed by atoms with Gasteiger partial charge in [-0.25, -0.2) is 9.37 Å². The van der Waals surface area contributed by atoms with E-state index in [4.69, 9.17) is 11.6 Å². The highest BCUT2D eigenvalue weighted by atomic mass is 35.5. The fourth-order valence-electron chi connectivity index (χ4n) is 0.817. The summed E-state index contributed by atoms with van der Waals surface area (Å²) in [4.78, 5) is 18.3. The Morgan fingerprint density at radius 2 is 2.20 bits per heavy atom. The first-order chi connectivity index (χ1) is 6.83. The second-order valence-corrected chi connectivity index (χ2v) is 3.98. The third kappa shape index (κ3) is 2.86. The van der Waals surface area contributed by atoms with Gasteiger partial charge in [-0.2, -0.15) is 4.98 Å². The monoisotopic (exact) mass is 231 g/mol. The molecular formula is C9H11ClFN3O. The highest BCUT2D eigenvalue weighted by Gasteiger charge is 2.25. The van der Waals surface area contributed by atoms with Gasteiger partial charge in [0.25, 0.3) is 0 Å². The molecule has 1 aromatic heterocycles. The van der Waals surface area contributed by atoms with Crippen LogP contribution in [0.5, 0.6) is 0 Å². The van der Waals surface area contributed by atoms with Gasteiger partial charge in [-0.15, -0.1) is 0 Å². The average Bonchev–Trinajstić information content (AvgIpc) is 2.10. The summed E-state index contributed by atoms with van der Waals surface area (Å²) < 4.78 is 13.2. The molecular weight excluding hydrogens is 221 g/mol. The van der Waals surface area contributed by atoms with Crippen LogP contribution in [0, 0.1) is 5.82 Å². The lowest BCUT2D eigenvalue weighted by molar-refractivity contribution is -0.120. The van der Waals surface area contributed by atoms with Gasteiger partial charge < -0.3 is 5.32 Å². The molecule has 0 fully saturated rings. The van der Waals surface area contributed by atoms with Crippen LogP contribution in [0.3, 0.4) is 0 Å². The van der Waals surface area contributed by atoms with E-state index in [9.17, 15) is 9.18 Å². The van der Waals surface area contributed by atoms with E-state index in [1.807, 2.05) is 0 Å². The van der Waals surface area contributed by atoms with Crippen molar-refractivity contribution in [3.05, 3.63) is 17.3 Å². The molecule has 6 heteroatoms. The molecule has 0 spiro atoms. The van der Waals surface area contributed by atoms with Gasteiger partial charge in [0.15, 0.2) is 17.4 Å². The first kappa shape index (κ1) is 11.8. The summed E-state index contributed by atoms with van der Waals surface area (Å²) in [5.41, 5.74) is -0.890.